The third-order valence-electron chi connectivity index (χ3n) is 8.34. The molecule has 0 aliphatic carbocycles. The van der Waals surface area contributed by atoms with Crippen molar-refractivity contribution < 1.29 is 4.42 Å². The van der Waals surface area contributed by atoms with Crippen molar-refractivity contribution in [1.29, 1.82) is 0 Å². The van der Waals surface area contributed by atoms with E-state index in [1.165, 1.54) is 26.9 Å². The van der Waals surface area contributed by atoms with Gasteiger partial charge in [0.15, 0.2) is 0 Å². The van der Waals surface area contributed by atoms with Gasteiger partial charge in [0.2, 0.25) is 0 Å². The molecule has 3 heteroatoms. The molecule has 3 nitrogen and oxygen atoms in total. The molecule has 9 rings (SSSR count). The third kappa shape index (κ3) is 3.26. The molecular weight excluding hydrogens is 500 g/mol. The summed E-state index contributed by atoms with van der Waals surface area (Å²) in [6.07, 6.45) is 3.55. The maximum absolute atomic E-state index is 6.52. The molecule has 2 aromatic heterocycles. The Labute approximate surface area is 235 Å². The molecule has 0 aliphatic rings. The summed E-state index contributed by atoms with van der Waals surface area (Å²) in [7, 11) is 0. The second kappa shape index (κ2) is 8.48. The van der Waals surface area contributed by atoms with Gasteiger partial charge in [0.1, 0.15) is 11.2 Å². The van der Waals surface area contributed by atoms with Crippen LogP contribution in [0.3, 0.4) is 0 Å². The lowest BCUT2D eigenvalue weighted by Gasteiger charge is -2.11. The van der Waals surface area contributed by atoms with E-state index in [2.05, 4.69) is 121 Å². The predicted molar refractivity (Wildman–Crippen MR) is 170 cm³/mol. The molecule has 0 amide bonds. The Morgan fingerprint density at radius 2 is 1.12 bits per heavy atom. The first-order valence-electron chi connectivity index (χ1n) is 13.8. The fourth-order valence-electron chi connectivity index (χ4n) is 6.47. The molecule has 0 atom stereocenters. The quantitative estimate of drug-likeness (QED) is 0.212. The highest BCUT2D eigenvalue weighted by Gasteiger charge is 2.16. The second-order valence-electron chi connectivity index (χ2n) is 10.6. The van der Waals surface area contributed by atoms with Crippen molar-refractivity contribution in [2.75, 3.05) is 0 Å². The minimum atomic E-state index is 0.914. The summed E-state index contributed by atoms with van der Waals surface area (Å²) < 4.78 is 6.52. The zero-order valence-corrected chi connectivity index (χ0v) is 22.0. The molecule has 0 aliphatic heterocycles. The summed E-state index contributed by atoms with van der Waals surface area (Å²) in [5, 5.41) is 9.37. The van der Waals surface area contributed by atoms with Crippen LogP contribution in [-0.4, -0.2) is 9.97 Å². The summed E-state index contributed by atoms with van der Waals surface area (Å²) in [6, 6.07) is 43.0. The standard InChI is InChI=1S/C38H22N2O/c1-2-10-27-23(7-1)16-18-34-35(27)32-14-6-13-28(38(32)41-34)26-9-5-8-24(21-26)25-15-17-30-29-11-3-4-12-31(29)36-37(33(30)22-25)40-20-19-39-36/h1-22H. The van der Waals surface area contributed by atoms with Crippen LogP contribution < -0.4 is 0 Å². The molecule has 9 aromatic rings. The first-order chi connectivity index (χ1) is 20.3. The number of furan rings is 1. The molecule has 190 valence electrons. The maximum Gasteiger partial charge on any atom is 0.143 e. The smallest absolute Gasteiger partial charge is 0.143 e. The average molecular weight is 523 g/mol. The van der Waals surface area contributed by atoms with Crippen molar-refractivity contribution in [2.45, 2.75) is 0 Å². The molecule has 0 saturated heterocycles. The van der Waals surface area contributed by atoms with Crippen LogP contribution in [0.25, 0.3) is 87.5 Å². The van der Waals surface area contributed by atoms with Crippen molar-refractivity contribution in [3.8, 4) is 22.3 Å². The molecule has 0 N–H and O–H groups in total. The molecule has 2 heterocycles. The zero-order valence-electron chi connectivity index (χ0n) is 22.0. The molecule has 0 bridgehead atoms. The molecule has 41 heavy (non-hydrogen) atoms. The Bertz CT molecular complexity index is 2450. The fourth-order valence-corrected chi connectivity index (χ4v) is 6.47. The normalized spacial score (nSPS) is 11.9. The number of para-hydroxylation sites is 1. The summed E-state index contributed by atoms with van der Waals surface area (Å²) in [5.74, 6) is 0. The van der Waals surface area contributed by atoms with Crippen molar-refractivity contribution in [3.63, 3.8) is 0 Å². The molecule has 7 aromatic carbocycles. The van der Waals surface area contributed by atoms with E-state index in [4.69, 9.17) is 14.4 Å². The Kier molecular flexibility index (Phi) is 4.61. The number of fused-ring (bicyclic) bond motifs is 11. The van der Waals surface area contributed by atoms with E-state index >= 15 is 0 Å². The van der Waals surface area contributed by atoms with Crippen molar-refractivity contribution in [2.24, 2.45) is 0 Å². The highest BCUT2D eigenvalue weighted by molar-refractivity contribution is 6.24. The van der Waals surface area contributed by atoms with Crippen molar-refractivity contribution >= 4 is 65.3 Å². The van der Waals surface area contributed by atoms with Gasteiger partial charge >= 0.3 is 0 Å². The molecular formula is C38H22N2O. The van der Waals surface area contributed by atoms with Crippen molar-refractivity contribution in [1.82, 2.24) is 9.97 Å². The number of hydrogen-bond donors (Lipinski definition) is 0. The largest absolute Gasteiger partial charge is 0.455 e. The number of hydrogen-bond acceptors (Lipinski definition) is 3. The summed E-state index contributed by atoms with van der Waals surface area (Å²) in [4.78, 5) is 9.47. The number of nitrogens with zero attached hydrogens (tertiary/aromatic N) is 2. The van der Waals surface area contributed by atoms with Crippen LogP contribution in [0, 0.1) is 0 Å². The van der Waals surface area contributed by atoms with Gasteiger partial charge in [0.05, 0.1) is 11.0 Å². The van der Waals surface area contributed by atoms with Gasteiger partial charge < -0.3 is 4.42 Å². The summed E-state index contributed by atoms with van der Waals surface area (Å²) >= 11 is 0. The summed E-state index contributed by atoms with van der Waals surface area (Å²) in [5.41, 5.74) is 8.20. The Balaban J connectivity index is 1.25. The fraction of sp³-hybridized carbons (Fsp3) is 0. The topological polar surface area (TPSA) is 38.9 Å². The average Bonchev–Trinajstić information content (AvgIpc) is 3.44. The highest BCUT2D eigenvalue weighted by Crippen LogP contribution is 2.40. The van der Waals surface area contributed by atoms with Crippen LogP contribution in [-0.2, 0) is 0 Å². The van der Waals surface area contributed by atoms with Gasteiger partial charge in [-0.1, -0.05) is 103 Å². The third-order valence-corrected chi connectivity index (χ3v) is 8.34. The predicted octanol–water partition coefficient (Wildman–Crippen LogP) is 10.3. The zero-order chi connectivity index (χ0) is 26.9. The van der Waals surface area contributed by atoms with Gasteiger partial charge in [-0.05, 0) is 56.4 Å². The Morgan fingerprint density at radius 1 is 0.439 bits per heavy atom. The van der Waals surface area contributed by atoms with E-state index in [0.717, 1.165) is 60.6 Å². The van der Waals surface area contributed by atoms with E-state index in [-0.39, 0.29) is 0 Å². The number of benzene rings is 7. The SMILES string of the molecule is c1cc(-c2ccc3c4ccccc4c4nccnc4c3c2)cc(-c2cccc3c2oc2ccc4ccccc4c23)c1. The van der Waals surface area contributed by atoms with E-state index in [1.807, 2.05) is 0 Å². The lowest BCUT2D eigenvalue weighted by molar-refractivity contribution is 0.670. The van der Waals surface area contributed by atoms with E-state index < -0.39 is 0 Å². The second-order valence-corrected chi connectivity index (χ2v) is 10.6. The van der Waals surface area contributed by atoms with Crippen LogP contribution in [0.2, 0.25) is 0 Å². The van der Waals surface area contributed by atoms with Gasteiger partial charge in [0, 0.05) is 39.5 Å². The van der Waals surface area contributed by atoms with Gasteiger partial charge in [-0.15, -0.1) is 0 Å². The van der Waals surface area contributed by atoms with Crippen LogP contribution in [0.4, 0.5) is 0 Å². The van der Waals surface area contributed by atoms with E-state index in [1.54, 1.807) is 12.4 Å². The lowest BCUT2D eigenvalue weighted by Crippen LogP contribution is -1.89. The monoisotopic (exact) mass is 522 g/mol. The molecule has 0 unspecified atom stereocenters. The Morgan fingerprint density at radius 3 is 2.02 bits per heavy atom. The minimum Gasteiger partial charge on any atom is -0.455 e. The van der Waals surface area contributed by atoms with Gasteiger partial charge in [0.25, 0.3) is 0 Å². The van der Waals surface area contributed by atoms with Gasteiger partial charge in [-0.3, -0.25) is 9.97 Å². The Hall–Kier alpha value is -5.54. The minimum absolute atomic E-state index is 0.914. The first kappa shape index (κ1) is 22.3. The lowest BCUT2D eigenvalue weighted by atomic mass is 9.94. The van der Waals surface area contributed by atoms with Crippen molar-refractivity contribution in [3.05, 3.63) is 134 Å². The molecule has 0 radical (unpaired) electrons. The van der Waals surface area contributed by atoms with Crippen LogP contribution >= 0.6 is 0 Å². The summed E-state index contributed by atoms with van der Waals surface area (Å²) in [6.45, 7) is 0. The van der Waals surface area contributed by atoms with Gasteiger partial charge in [-0.2, -0.15) is 0 Å². The van der Waals surface area contributed by atoms with E-state index in [9.17, 15) is 0 Å². The maximum atomic E-state index is 6.52. The first-order valence-corrected chi connectivity index (χ1v) is 13.8. The van der Waals surface area contributed by atoms with Crippen LogP contribution in [0.5, 0.6) is 0 Å². The number of rotatable bonds is 2. The highest BCUT2D eigenvalue weighted by atomic mass is 16.3. The number of aromatic nitrogens is 2. The molecule has 0 spiro atoms. The molecule has 0 saturated carbocycles. The van der Waals surface area contributed by atoms with E-state index in [0.29, 0.717) is 0 Å². The van der Waals surface area contributed by atoms with Crippen LogP contribution in [0.15, 0.2) is 138 Å². The van der Waals surface area contributed by atoms with Gasteiger partial charge in [-0.25, -0.2) is 0 Å². The molecule has 0 fully saturated rings. The van der Waals surface area contributed by atoms with Crippen LogP contribution in [0.1, 0.15) is 0 Å².